The van der Waals surface area contributed by atoms with Gasteiger partial charge >= 0.3 is 5.97 Å². The first-order valence-corrected chi connectivity index (χ1v) is 7.48. The van der Waals surface area contributed by atoms with Gasteiger partial charge in [-0.05, 0) is 25.7 Å². The van der Waals surface area contributed by atoms with Crippen LogP contribution in [-0.4, -0.2) is 80.8 Å². The molecule has 0 aliphatic rings. The lowest BCUT2D eigenvalue weighted by atomic mass is 10.1. The minimum absolute atomic E-state index is 0.0801. The predicted molar refractivity (Wildman–Crippen MR) is 78.1 cm³/mol. The summed E-state index contributed by atoms with van der Waals surface area (Å²) in [5, 5.41) is 45.2. The van der Waals surface area contributed by atoms with Crippen molar-refractivity contribution >= 4 is 11.9 Å². The third-order valence-corrected chi connectivity index (χ3v) is 3.21. The Balaban J connectivity index is 4.18. The molecule has 0 fully saturated rings. The fourth-order valence-corrected chi connectivity index (χ4v) is 2.02. The Kier molecular flexibility index (Phi) is 11.7. The van der Waals surface area contributed by atoms with Gasteiger partial charge in [0.05, 0.1) is 12.2 Å². The fraction of sp³-hybridized carbons (Fsp3) is 0.857. The van der Waals surface area contributed by atoms with Gasteiger partial charge in [-0.2, -0.15) is 0 Å². The number of rotatable bonds is 13. The molecule has 2 atom stereocenters. The van der Waals surface area contributed by atoms with Crippen molar-refractivity contribution in [3.8, 4) is 0 Å². The zero-order chi connectivity index (χ0) is 17.0. The second kappa shape index (κ2) is 12.3. The lowest BCUT2D eigenvalue weighted by Gasteiger charge is -2.23. The van der Waals surface area contributed by atoms with Crippen LogP contribution < -0.4 is 0 Å². The molecule has 0 aliphatic heterocycles. The smallest absolute Gasteiger partial charge is 0.323 e. The van der Waals surface area contributed by atoms with Gasteiger partial charge in [0.2, 0.25) is 5.91 Å². The summed E-state index contributed by atoms with van der Waals surface area (Å²) in [4.78, 5) is 23.8. The zero-order valence-electron chi connectivity index (χ0n) is 12.7. The molecule has 1 amide bonds. The first-order chi connectivity index (χ1) is 10.4. The molecule has 0 aliphatic carbocycles. The van der Waals surface area contributed by atoms with E-state index in [4.69, 9.17) is 15.3 Å². The Labute approximate surface area is 130 Å². The number of amides is 1. The van der Waals surface area contributed by atoms with E-state index in [1.165, 1.54) is 0 Å². The van der Waals surface area contributed by atoms with Gasteiger partial charge in [0.15, 0.2) is 0 Å². The van der Waals surface area contributed by atoms with Crippen molar-refractivity contribution in [2.24, 2.45) is 0 Å². The molecular formula is C14H27NO7. The lowest BCUT2D eigenvalue weighted by Crippen LogP contribution is -2.41. The number of aliphatic carboxylic acids is 1. The largest absolute Gasteiger partial charge is 0.480 e. The normalized spacial score (nSPS) is 13.6. The van der Waals surface area contributed by atoms with Crippen molar-refractivity contribution in [3.63, 3.8) is 0 Å². The highest BCUT2D eigenvalue weighted by atomic mass is 16.4. The molecule has 5 N–H and O–H groups in total. The molecule has 2 unspecified atom stereocenters. The van der Waals surface area contributed by atoms with E-state index in [-0.39, 0.29) is 38.5 Å². The van der Waals surface area contributed by atoms with E-state index in [0.717, 1.165) is 4.90 Å². The summed E-state index contributed by atoms with van der Waals surface area (Å²) in [5.41, 5.74) is 0. The van der Waals surface area contributed by atoms with E-state index in [9.17, 15) is 19.8 Å². The van der Waals surface area contributed by atoms with Gasteiger partial charge in [-0.1, -0.05) is 6.42 Å². The van der Waals surface area contributed by atoms with Gasteiger partial charge in [0.1, 0.15) is 6.54 Å². The number of hydrogen-bond acceptors (Lipinski definition) is 6. The molecule has 0 saturated carbocycles. The Morgan fingerprint density at radius 2 is 1.50 bits per heavy atom. The van der Waals surface area contributed by atoms with Gasteiger partial charge in [-0.25, -0.2) is 0 Å². The number of aliphatic hydroxyl groups is 4. The maximum Gasteiger partial charge on any atom is 0.323 e. The number of aliphatic hydroxyl groups excluding tert-OH is 4. The van der Waals surface area contributed by atoms with Crippen LogP contribution in [0.2, 0.25) is 0 Å². The van der Waals surface area contributed by atoms with Gasteiger partial charge < -0.3 is 30.4 Å². The number of nitrogens with zero attached hydrogens (tertiary/aromatic N) is 1. The molecule has 8 nitrogen and oxygen atoms in total. The van der Waals surface area contributed by atoms with Crippen LogP contribution in [0, 0.1) is 0 Å². The average molecular weight is 321 g/mol. The maximum atomic E-state index is 12.0. The molecule has 22 heavy (non-hydrogen) atoms. The van der Waals surface area contributed by atoms with E-state index < -0.39 is 24.7 Å². The monoisotopic (exact) mass is 321 g/mol. The van der Waals surface area contributed by atoms with E-state index >= 15 is 0 Å². The predicted octanol–water partition coefficient (Wildman–Crippen LogP) is -1.05. The van der Waals surface area contributed by atoms with Crippen molar-refractivity contribution in [2.75, 3.05) is 26.3 Å². The zero-order valence-corrected chi connectivity index (χ0v) is 12.7. The van der Waals surface area contributed by atoms with Crippen LogP contribution in [0.1, 0.15) is 38.5 Å². The summed E-state index contributed by atoms with van der Waals surface area (Å²) in [6.45, 7) is -0.943. The summed E-state index contributed by atoms with van der Waals surface area (Å²) in [6, 6.07) is 0. The minimum atomic E-state index is -1.16. The Bertz CT molecular complexity index is 324. The molecule has 0 aromatic carbocycles. The minimum Gasteiger partial charge on any atom is -0.480 e. The highest BCUT2D eigenvalue weighted by Gasteiger charge is 2.19. The van der Waals surface area contributed by atoms with Crippen molar-refractivity contribution in [2.45, 2.75) is 50.7 Å². The van der Waals surface area contributed by atoms with E-state index in [1.807, 2.05) is 0 Å². The molecule has 0 saturated heterocycles. The summed E-state index contributed by atoms with van der Waals surface area (Å²) >= 11 is 0. The number of carbonyl (C=O) groups is 2. The first kappa shape index (κ1) is 20.8. The van der Waals surface area contributed by atoms with E-state index in [1.54, 1.807) is 0 Å². The highest BCUT2D eigenvalue weighted by molar-refractivity contribution is 5.81. The first-order valence-electron chi connectivity index (χ1n) is 7.48. The van der Waals surface area contributed by atoms with E-state index in [2.05, 4.69) is 0 Å². The van der Waals surface area contributed by atoms with Crippen LogP contribution >= 0.6 is 0 Å². The summed E-state index contributed by atoms with van der Waals surface area (Å²) in [7, 11) is 0. The van der Waals surface area contributed by atoms with Crippen LogP contribution in [0.25, 0.3) is 0 Å². The number of carboxylic acids is 1. The van der Waals surface area contributed by atoms with Crippen molar-refractivity contribution in [1.29, 1.82) is 0 Å². The molecule has 8 heteroatoms. The summed E-state index contributed by atoms with van der Waals surface area (Å²) < 4.78 is 0. The van der Waals surface area contributed by atoms with Gasteiger partial charge in [-0.15, -0.1) is 0 Å². The molecular weight excluding hydrogens is 294 g/mol. The second-order valence-corrected chi connectivity index (χ2v) is 5.25. The number of hydrogen-bond donors (Lipinski definition) is 5. The topological polar surface area (TPSA) is 139 Å². The summed E-state index contributed by atoms with van der Waals surface area (Å²) in [5.74, 6) is -1.54. The Morgan fingerprint density at radius 3 is 2.05 bits per heavy atom. The van der Waals surface area contributed by atoms with Gasteiger partial charge in [0.25, 0.3) is 0 Å². The van der Waals surface area contributed by atoms with Crippen LogP contribution in [0.5, 0.6) is 0 Å². The van der Waals surface area contributed by atoms with Crippen molar-refractivity contribution < 1.29 is 35.1 Å². The van der Waals surface area contributed by atoms with Crippen molar-refractivity contribution in [1.82, 2.24) is 4.90 Å². The molecule has 0 radical (unpaired) electrons. The highest BCUT2D eigenvalue weighted by Crippen LogP contribution is 2.09. The molecule has 0 aromatic heterocycles. The molecule has 0 heterocycles. The Morgan fingerprint density at radius 1 is 0.909 bits per heavy atom. The molecule has 130 valence electrons. The number of carboxylic acid groups (broad SMARTS) is 1. The quantitative estimate of drug-likeness (QED) is 0.273. The lowest BCUT2D eigenvalue weighted by molar-refractivity contribution is -0.145. The number of carbonyl (C=O) groups excluding carboxylic acids is 1. The van der Waals surface area contributed by atoms with Crippen LogP contribution in [-0.2, 0) is 9.59 Å². The second-order valence-electron chi connectivity index (χ2n) is 5.25. The third kappa shape index (κ3) is 10.5. The molecule has 0 rings (SSSR count). The fourth-order valence-electron chi connectivity index (χ4n) is 2.02. The van der Waals surface area contributed by atoms with Crippen LogP contribution in [0.15, 0.2) is 0 Å². The van der Waals surface area contributed by atoms with Gasteiger partial charge in [-0.3, -0.25) is 9.59 Å². The maximum absolute atomic E-state index is 12.0. The average Bonchev–Trinajstić information content (AvgIpc) is 2.42. The number of unbranched alkanes of at least 4 members (excludes halogenated alkanes) is 1. The molecule has 0 bridgehead atoms. The molecule has 0 spiro atoms. The Hall–Kier alpha value is -1.22. The van der Waals surface area contributed by atoms with Crippen LogP contribution in [0.3, 0.4) is 0 Å². The molecule has 0 aromatic rings. The third-order valence-electron chi connectivity index (χ3n) is 3.21. The van der Waals surface area contributed by atoms with Crippen molar-refractivity contribution in [3.05, 3.63) is 0 Å². The van der Waals surface area contributed by atoms with Crippen LogP contribution in [0.4, 0.5) is 0 Å². The van der Waals surface area contributed by atoms with E-state index in [0.29, 0.717) is 25.7 Å². The summed E-state index contributed by atoms with van der Waals surface area (Å²) in [6.07, 6.45) is 0.510. The SMILES string of the molecule is O=C(O)CN(CC(O)CCO)C(=O)CCCCC(O)CCO. The van der Waals surface area contributed by atoms with Gasteiger partial charge in [0, 0.05) is 26.2 Å². The standard InChI is InChI=1S/C14H27NO7/c16-7-5-11(18)3-1-2-4-13(20)15(10-14(21)22)9-12(19)6-8-17/h11-12,16-19H,1-10H2,(H,21,22).